The first-order valence-corrected chi connectivity index (χ1v) is 4.90. The fourth-order valence-corrected chi connectivity index (χ4v) is 2.11. The Morgan fingerprint density at radius 1 is 1.08 bits per heavy atom. The summed E-state index contributed by atoms with van der Waals surface area (Å²) >= 11 is 0. The molecule has 0 bridgehead atoms. The third kappa shape index (κ3) is 1.80. The Morgan fingerprint density at radius 3 is 2.17 bits per heavy atom. The van der Waals surface area contributed by atoms with Crippen molar-refractivity contribution < 1.29 is 10.2 Å². The molecule has 2 heteroatoms. The van der Waals surface area contributed by atoms with Crippen LogP contribution in [-0.4, -0.2) is 22.4 Å². The van der Waals surface area contributed by atoms with Gasteiger partial charge in [0.05, 0.1) is 12.2 Å². The molecule has 1 fully saturated rings. The Kier molecular flexibility index (Phi) is 3.13. The second-order valence-electron chi connectivity index (χ2n) is 4.44. The number of hydrogen-bond acceptors (Lipinski definition) is 2. The van der Waals surface area contributed by atoms with Gasteiger partial charge in [0.25, 0.3) is 0 Å². The first kappa shape index (κ1) is 10.0. The van der Waals surface area contributed by atoms with Crippen LogP contribution in [0.2, 0.25) is 0 Å². The SMILES string of the molecule is CC(C)[C@H]1CC[C@H](C)[C@@H](O)[C@@H]1O. The standard InChI is InChI=1S/C10H20O2/c1-6(2)8-5-4-7(3)9(11)10(8)12/h6-12H,4-5H2,1-3H3/t7-,8+,9+,10+/m0/s1. The van der Waals surface area contributed by atoms with Gasteiger partial charge in [0.15, 0.2) is 0 Å². The Bertz CT molecular complexity index is 145. The minimum atomic E-state index is -0.508. The molecule has 2 nitrogen and oxygen atoms in total. The van der Waals surface area contributed by atoms with E-state index < -0.39 is 12.2 Å². The van der Waals surface area contributed by atoms with Crippen LogP contribution >= 0.6 is 0 Å². The molecule has 0 aromatic heterocycles. The molecular weight excluding hydrogens is 152 g/mol. The van der Waals surface area contributed by atoms with Gasteiger partial charge < -0.3 is 10.2 Å². The van der Waals surface area contributed by atoms with Crippen LogP contribution in [0.3, 0.4) is 0 Å². The topological polar surface area (TPSA) is 40.5 Å². The summed E-state index contributed by atoms with van der Waals surface area (Å²) in [5.74, 6) is 1.02. The normalized spacial score (nSPS) is 43.5. The summed E-state index contributed by atoms with van der Waals surface area (Å²) in [6, 6.07) is 0. The van der Waals surface area contributed by atoms with Gasteiger partial charge >= 0.3 is 0 Å². The van der Waals surface area contributed by atoms with Crippen molar-refractivity contribution in [3.8, 4) is 0 Å². The van der Waals surface area contributed by atoms with E-state index in [2.05, 4.69) is 13.8 Å². The quantitative estimate of drug-likeness (QED) is 0.628. The van der Waals surface area contributed by atoms with Crippen LogP contribution in [-0.2, 0) is 0 Å². The van der Waals surface area contributed by atoms with E-state index in [1.165, 1.54) is 0 Å². The predicted octanol–water partition coefficient (Wildman–Crippen LogP) is 1.41. The fraction of sp³-hybridized carbons (Fsp3) is 1.00. The molecule has 4 atom stereocenters. The van der Waals surface area contributed by atoms with Crippen molar-refractivity contribution in [2.75, 3.05) is 0 Å². The molecule has 1 saturated carbocycles. The number of aliphatic hydroxyl groups is 2. The zero-order valence-corrected chi connectivity index (χ0v) is 8.20. The largest absolute Gasteiger partial charge is 0.390 e. The summed E-state index contributed by atoms with van der Waals surface area (Å²) in [5.41, 5.74) is 0. The third-order valence-electron chi connectivity index (χ3n) is 3.18. The van der Waals surface area contributed by atoms with Crippen LogP contribution in [0, 0.1) is 17.8 Å². The molecule has 0 heterocycles. The third-order valence-corrected chi connectivity index (χ3v) is 3.18. The molecule has 1 aliphatic carbocycles. The van der Waals surface area contributed by atoms with Crippen molar-refractivity contribution in [3.63, 3.8) is 0 Å². The lowest BCUT2D eigenvalue weighted by molar-refractivity contribution is -0.0832. The highest BCUT2D eigenvalue weighted by atomic mass is 16.3. The summed E-state index contributed by atoms with van der Waals surface area (Å²) in [7, 11) is 0. The van der Waals surface area contributed by atoms with Crippen molar-refractivity contribution in [1.82, 2.24) is 0 Å². The molecule has 0 radical (unpaired) electrons. The highest BCUT2D eigenvalue weighted by Crippen LogP contribution is 2.33. The molecule has 12 heavy (non-hydrogen) atoms. The van der Waals surface area contributed by atoms with Crippen LogP contribution in [0.25, 0.3) is 0 Å². The summed E-state index contributed by atoms with van der Waals surface area (Å²) in [6.07, 6.45) is 1.08. The maximum absolute atomic E-state index is 9.73. The zero-order valence-electron chi connectivity index (χ0n) is 8.20. The minimum Gasteiger partial charge on any atom is -0.390 e. The van der Waals surface area contributed by atoms with E-state index >= 15 is 0 Å². The Labute approximate surface area is 74.6 Å². The molecule has 72 valence electrons. The van der Waals surface area contributed by atoms with Crippen molar-refractivity contribution in [3.05, 3.63) is 0 Å². The molecule has 0 amide bonds. The molecule has 0 aromatic rings. The van der Waals surface area contributed by atoms with Gasteiger partial charge in [0, 0.05) is 0 Å². The van der Waals surface area contributed by atoms with E-state index in [-0.39, 0.29) is 11.8 Å². The molecule has 0 saturated heterocycles. The van der Waals surface area contributed by atoms with Gasteiger partial charge in [-0.2, -0.15) is 0 Å². The first-order chi connectivity index (χ1) is 5.54. The molecule has 1 aliphatic rings. The number of rotatable bonds is 1. The zero-order chi connectivity index (χ0) is 9.30. The Balaban J connectivity index is 2.58. The summed E-state index contributed by atoms with van der Waals surface area (Å²) in [5, 5.41) is 19.3. The van der Waals surface area contributed by atoms with Gasteiger partial charge in [-0.25, -0.2) is 0 Å². The van der Waals surface area contributed by atoms with Gasteiger partial charge in [-0.15, -0.1) is 0 Å². The summed E-state index contributed by atoms with van der Waals surface area (Å²) in [6.45, 7) is 6.22. The van der Waals surface area contributed by atoms with E-state index in [1.54, 1.807) is 0 Å². The van der Waals surface area contributed by atoms with E-state index in [0.717, 1.165) is 12.8 Å². The highest BCUT2D eigenvalue weighted by Gasteiger charge is 2.36. The van der Waals surface area contributed by atoms with Crippen molar-refractivity contribution >= 4 is 0 Å². The summed E-state index contributed by atoms with van der Waals surface area (Å²) < 4.78 is 0. The van der Waals surface area contributed by atoms with Crippen molar-refractivity contribution in [2.45, 2.75) is 45.8 Å². The molecule has 0 aromatic carbocycles. The van der Waals surface area contributed by atoms with Crippen LogP contribution < -0.4 is 0 Å². The Hall–Kier alpha value is -0.0800. The lowest BCUT2D eigenvalue weighted by Gasteiger charge is -2.38. The lowest BCUT2D eigenvalue weighted by Crippen LogP contribution is -2.44. The average Bonchev–Trinajstić information content (AvgIpc) is 2.00. The molecule has 0 unspecified atom stereocenters. The van der Waals surface area contributed by atoms with Crippen molar-refractivity contribution in [2.24, 2.45) is 17.8 Å². The van der Waals surface area contributed by atoms with Gasteiger partial charge in [-0.05, 0) is 30.6 Å². The maximum Gasteiger partial charge on any atom is 0.0832 e. The maximum atomic E-state index is 9.73. The van der Waals surface area contributed by atoms with Crippen LogP contribution in [0.1, 0.15) is 33.6 Å². The second kappa shape index (κ2) is 3.75. The van der Waals surface area contributed by atoms with E-state index in [4.69, 9.17) is 0 Å². The molecule has 2 N–H and O–H groups in total. The lowest BCUT2D eigenvalue weighted by atomic mass is 9.74. The first-order valence-electron chi connectivity index (χ1n) is 4.90. The smallest absolute Gasteiger partial charge is 0.0832 e. The van der Waals surface area contributed by atoms with Gasteiger partial charge in [-0.3, -0.25) is 0 Å². The fourth-order valence-electron chi connectivity index (χ4n) is 2.11. The minimum absolute atomic E-state index is 0.259. The van der Waals surface area contributed by atoms with Crippen molar-refractivity contribution in [1.29, 1.82) is 0 Å². The van der Waals surface area contributed by atoms with E-state index in [1.807, 2.05) is 6.92 Å². The van der Waals surface area contributed by atoms with E-state index in [0.29, 0.717) is 5.92 Å². The number of aliphatic hydroxyl groups excluding tert-OH is 2. The second-order valence-corrected chi connectivity index (χ2v) is 4.44. The molecular formula is C10H20O2. The highest BCUT2D eigenvalue weighted by molar-refractivity contribution is 4.86. The van der Waals surface area contributed by atoms with Gasteiger partial charge in [0.1, 0.15) is 0 Å². The van der Waals surface area contributed by atoms with Crippen LogP contribution in [0.5, 0.6) is 0 Å². The van der Waals surface area contributed by atoms with Crippen LogP contribution in [0.4, 0.5) is 0 Å². The molecule has 0 aliphatic heterocycles. The average molecular weight is 172 g/mol. The van der Waals surface area contributed by atoms with Gasteiger partial charge in [-0.1, -0.05) is 20.8 Å². The summed E-state index contributed by atoms with van der Waals surface area (Å²) in [4.78, 5) is 0. The monoisotopic (exact) mass is 172 g/mol. The molecule has 0 spiro atoms. The number of hydrogen-bond donors (Lipinski definition) is 2. The van der Waals surface area contributed by atoms with E-state index in [9.17, 15) is 10.2 Å². The molecule has 1 rings (SSSR count). The predicted molar refractivity (Wildman–Crippen MR) is 48.7 cm³/mol. The van der Waals surface area contributed by atoms with Crippen LogP contribution in [0.15, 0.2) is 0 Å². The van der Waals surface area contributed by atoms with Gasteiger partial charge in [0.2, 0.25) is 0 Å². The Morgan fingerprint density at radius 2 is 1.67 bits per heavy atom.